The lowest BCUT2D eigenvalue weighted by molar-refractivity contribution is 0.595. The lowest BCUT2D eigenvalue weighted by atomic mass is 10.2. The first-order valence-corrected chi connectivity index (χ1v) is 8.86. The number of sulfone groups is 1. The molecule has 2 aromatic carbocycles. The molecule has 4 nitrogen and oxygen atoms in total. The number of rotatable bonds is 3. The maximum absolute atomic E-state index is 12.5. The molecule has 0 fully saturated rings. The zero-order valence-corrected chi connectivity index (χ0v) is 13.0. The first-order valence-electron chi connectivity index (χ1n) is 6.39. The molecule has 108 valence electrons. The Hall–Kier alpha value is -1.92. The van der Waals surface area contributed by atoms with Gasteiger partial charge in [-0.25, -0.2) is 13.4 Å². The zero-order valence-electron chi connectivity index (χ0n) is 11.4. The summed E-state index contributed by atoms with van der Waals surface area (Å²) in [6, 6.07) is 12.6. The van der Waals surface area contributed by atoms with Crippen LogP contribution in [0.2, 0.25) is 0 Å². The van der Waals surface area contributed by atoms with Gasteiger partial charge in [0.05, 0.1) is 20.8 Å². The van der Waals surface area contributed by atoms with E-state index < -0.39 is 9.84 Å². The Kier molecular flexibility index (Phi) is 3.43. The zero-order chi connectivity index (χ0) is 15.0. The highest BCUT2D eigenvalue weighted by Crippen LogP contribution is 2.27. The van der Waals surface area contributed by atoms with E-state index in [1.54, 1.807) is 18.2 Å². The van der Waals surface area contributed by atoms with Crippen molar-refractivity contribution >= 4 is 37.1 Å². The molecule has 0 unspecified atom stereocenters. The summed E-state index contributed by atoms with van der Waals surface area (Å²) in [7, 11) is -3.49. The van der Waals surface area contributed by atoms with Crippen LogP contribution in [-0.4, -0.2) is 13.4 Å². The molecule has 0 saturated carbocycles. The molecule has 0 aliphatic rings. The van der Waals surface area contributed by atoms with Crippen LogP contribution in [0.4, 0.5) is 5.69 Å². The standard InChI is InChI=1S/C15H14N2O2S2/c1-10-6-7-14(11(16)8-10)21(18,19)9-15-17-12-4-2-3-5-13(12)20-15/h2-8H,9,16H2,1H3. The van der Waals surface area contributed by atoms with Crippen LogP contribution < -0.4 is 5.73 Å². The lowest BCUT2D eigenvalue weighted by Crippen LogP contribution is -2.08. The molecule has 0 saturated heterocycles. The molecule has 2 N–H and O–H groups in total. The van der Waals surface area contributed by atoms with Gasteiger partial charge in [-0.1, -0.05) is 18.2 Å². The number of para-hydroxylation sites is 1. The number of aromatic nitrogens is 1. The van der Waals surface area contributed by atoms with Crippen LogP contribution in [0.1, 0.15) is 10.6 Å². The van der Waals surface area contributed by atoms with Crippen LogP contribution in [0.15, 0.2) is 47.4 Å². The highest BCUT2D eigenvalue weighted by atomic mass is 32.2. The van der Waals surface area contributed by atoms with E-state index in [1.165, 1.54) is 11.3 Å². The first kappa shape index (κ1) is 14.0. The average Bonchev–Trinajstić information content (AvgIpc) is 2.79. The van der Waals surface area contributed by atoms with Crippen molar-refractivity contribution in [2.45, 2.75) is 17.6 Å². The summed E-state index contributed by atoms with van der Waals surface area (Å²) in [5.41, 5.74) is 7.89. The predicted molar refractivity (Wildman–Crippen MR) is 86.1 cm³/mol. The molecule has 0 aliphatic heterocycles. The smallest absolute Gasteiger partial charge is 0.186 e. The minimum absolute atomic E-state index is 0.125. The van der Waals surface area contributed by atoms with Gasteiger partial charge in [-0.2, -0.15) is 0 Å². The summed E-state index contributed by atoms with van der Waals surface area (Å²) in [4.78, 5) is 4.54. The van der Waals surface area contributed by atoms with Crippen LogP contribution in [0.3, 0.4) is 0 Å². The van der Waals surface area contributed by atoms with Gasteiger partial charge in [0.1, 0.15) is 10.8 Å². The Morgan fingerprint density at radius 1 is 1.19 bits per heavy atom. The average molecular weight is 318 g/mol. The molecule has 0 atom stereocenters. The molecule has 1 heterocycles. The van der Waals surface area contributed by atoms with Crippen LogP contribution in [0.5, 0.6) is 0 Å². The van der Waals surface area contributed by atoms with E-state index in [9.17, 15) is 8.42 Å². The second-order valence-corrected chi connectivity index (χ2v) is 7.95. The van der Waals surface area contributed by atoms with E-state index >= 15 is 0 Å². The van der Waals surface area contributed by atoms with Crippen molar-refractivity contribution in [3.8, 4) is 0 Å². The van der Waals surface area contributed by atoms with E-state index in [4.69, 9.17) is 5.73 Å². The van der Waals surface area contributed by atoms with Gasteiger partial charge in [0.25, 0.3) is 0 Å². The minimum Gasteiger partial charge on any atom is -0.398 e. The summed E-state index contributed by atoms with van der Waals surface area (Å²) in [5.74, 6) is -0.125. The molecule has 0 spiro atoms. The summed E-state index contributed by atoms with van der Waals surface area (Å²) >= 11 is 1.40. The van der Waals surface area contributed by atoms with Crippen molar-refractivity contribution < 1.29 is 8.42 Å². The molecule has 3 rings (SSSR count). The fraction of sp³-hybridized carbons (Fsp3) is 0.133. The van der Waals surface area contributed by atoms with Crippen molar-refractivity contribution in [1.82, 2.24) is 4.98 Å². The SMILES string of the molecule is Cc1ccc(S(=O)(=O)Cc2nc3ccccc3s2)c(N)c1. The van der Waals surface area contributed by atoms with Crippen LogP contribution in [-0.2, 0) is 15.6 Å². The monoisotopic (exact) mass is 318 g/mol. The van der Waals surface area contributed by atoms with Gasteiger partial charge in [0.2, 0.25) is 0 Å². The normalized spacial score (nSPS) is 11.9. The Balaban J connectivity index is 1.99. The largest absolute Gasteiger partial charge is 0.398 e. The van der Waals surface area contributed by atoms with Gasteiger partial charge in [-0.15, -0.1) is 11.3 Å². The van der Waals surface area contributed by atoms with Crippen LogP contribution >= 0.6 is 11.3 Å². The second-order valence-electron chi connectivity index (χ2n) is 4.88. The van der Waals surface area contributed by atoms with E-state index in [-0.39, 0.29) is 16.3 Å². The van der Waals surface area contributed by atoms with Crippen molar-refractivity contribution in [2.75, 3.05) is 5.73 Å². The predicted octanol–water partition coefficient (Wildman–Crippen LogP) is 3.16. The highest BCUT2D eigenvalue weighted by molar-refractivity contribution is 7.91. The molecule has 0 aliphatic carbocycles. The molecule has 0 radical (unpaired) electrons. The van der Waals surface area contributed by atoms with Gasteiger partial charge in [0, 0.05) is 0 Å². The maximum Gasteiger partial charge on any atom is 0.186 e. The number of anilines is 1. The number of benzene rings is 2. The highest BCUT2D eigenvalue weighted by Gasteiger charge is 2.20. The number of aryl methyl sites for hydroxylation is 1. The molecular weight excluding hydrogens is 304 g/mol. The van der Waals surface area contributed by atoms with Gasteiger partial charge < -0.3 is 5.73 Å². The van der Waals surface area contributed by atoms with Gasteiger partial charge in [0.15, 0.2) is 9.84 Å². The van der Waals surface area contributed by atoms with Crippen LogP contribution in [0, 0.1) is 6.92 Å². The fourth-order valence-electron chi connectivity index (χ4n) is 2.17. The Morgan fingerprint density at radius 3 is 2.67 bits per heavy atom. The van der Waals surface area contributed by atoms with Crippen molar-refractivity contribution in [3.05, 3.63) is 53.0 Å². The molecule has 1 aromatic heterocycles. The van der Waals surface area contributed by atoms with E-state index in [2.05, 4.69) is 4.98 Å². The Morgan fingerprint density at radius 2 is 1.95 bits per heavy atom. The third kappa shape index (κ3) is 2.77. The number of nitrogens with zero attached hydrogens (tertiary/aromatic N) is 1. The molecule has 3 aromatic rings. The lowest BCUT2D eigenvalue weighted by Gasteiger charge is -2.06. The minimum atomic E-state index is -3.49. The van der Waals surface area contributed by atoms with Crippen molar-refractivity contribution in [2.24, 2.45) is 0 Å². The van der Waals surface area contributed by atoms with Gasteiger partial charge in [-0.05, 0) is 36.8 Å². The third-order valence-electron chi connectivity index (χ3n) is 3.15. The fourth-order valence-corrected chi connectivity index (χ4v) is 4.88. The van der Waals surface area contributed by atoms with Crippen molar-refractivity contribution in [3.63, 3.8) is 0 Å². The van der Waals surface area contributed by atoms with Crippen molar-refractivity contribution in [1.29, 1.82) is 0 Å². The topological polar surface area (TPSA) is 73.0 Å². The number of fused-ring (bicyclic) bond motifs is 1. The van der Waals surface area contributed by atoms with E-state index in [0.29, 0.717) is 5.01 Å². The number of nitrogens with two attached hydrogens (primary N) is 1. The summed E-state index contributed by atoms with van der Waals surface area (Å²) in [6.07, 6.45) is 0. The molecule has 6 heteroatoms. The van der Waals surface area contributed by atoms with Gasteiger partial charge in [-0.3, -0.25) is 0 Å². The van der Waals surface area contributed by atoms with Crippen LogP contribution in [0.25, 0.3) is 10.2 Å². The second kappa shape index (κ2) is 5.13. The molecule has 0 bridgehead atoms. The maximum atomic E-state index is 12.5. The summed E-state index contributed by atoms with van der Waals surface area (Å²) in [6.45, 7) is 1.88. The molecule has 21 heavy (non-hydrogen) atoms. The number of hydrogen-bond acceptors (Lipinski definition) is 5. The molecule has 0 amide bonds. The Labute approximate surface area is 127 Å². The summed E-state index contributed by atoms with van der Waals surface area (Å²) in [5, 5.41) is 0.580. The molecular formula is C15H14N2O2S2. The third-order valence-corrected chi connectivity index (χ3v) is 6.07. The summed E-state index contributed by atoms with van der Waals surface area (Å²) < 4.78 is 26.0. The van der Waals surface area contributed by atoms with E-state index in [1.807, 2.05) is 31.2 Å². The van der Waals surface area contributed by atoms with E-state index in [0.717, 1.165) is 15.8 Å². The number of thiazole rings is 1. The Bertz CT molecular complexity index is 881. The number of hydrogen-bond donors (Lipinski definition) is 1. The first-order chi connectivity index (χ1) is 9.95. The quantitative estimate of drug-likeness (QED) is 0.753. The van der Waals surface area contributed by atoms with Gasteiger partial charge >= 0.3 is 0 Å². The number of nitrogen functional groups attached to an aromatic ring is 1.